The fourth-order valence-electron chi connectivity index (χ4n) is 1.66. The van der Waals surface area contributed by atoms with Crippen LogP contribution >= 0.6 is 0 Å². The van der Waals surface area contributed by atoms with Crippen molar-refractivity contribution in [3.63, 3.8) is 0 Å². The lowest BCUT2D eigenvalue weighted by atomic mass is 10.0. The molecule has 0 spiro atoms. The molecule has 1 aromatic rings. The van der Waals surface area contributed by atoms with E-state index in [1.54, 1.807) is 6.92 Å². The van der Waals surface area contributed by atoms with Crippen molar-refractivity contribution in [2.24, 2.45) is 5.73 Å². The Morgan fingerprint density at radius 1 is 1.36 bits per heavy atom. The predicted molar refractivity (Wildman–Crippen MR) is 56.9 cm³/mol. The van der Waals surface area contributed by atoms with Crippen LogP contribution < -0.4 is 5.73 Å². The first-order valence-electron chi connectivity index (χ1n) is 5.15. The molecule has 0 bridgehead atoms. The number of nitrogens with two attached hydrogens (primary N) is 1. The fraction of sp³-hybridized carbons (Fsp3) is 0.500. The van der Waals surface area contributed by atoms with Crippen LogP contribution in [0.4, 0.5) is 0 Å². The summed E-state index contributed by atoms with van der Waals surface area (Å²) in [4.78, 5) is 0. The Labute approximate surface area is 84.7 Å². The van der Waals surface area contributed by atoms with E-state index in [1.807, 2.05) is 12.1 Å². The average molecular weight is 191 g/mol. The second-order valence-corrected chi connectivity index (χ2v) is 4.46. The van der Waals surface area contributed by atoms with Crippen molar-refractivity contribution in [2.45, 2.75) is 37.8 Å². The molecule has 14 heavy (non-hydrogen) atoms. The van der Waals surface area contributed by atoms with Crippen LogP contribution in [0.5, 0.6) is 0 Å². The zero-order valence-electron chi connectivity index (χ0n) is 8.53. The van der Waals surface area contributed by atoms with Crippen LogP contribution in [0.15, 0.2) is 24.3 Å². The number of aliphatic hydroxyl groups is 1. The van der Waals surface area contributed by atoms with Crippen molar-refractivity contribution in [2.75, 3.05) is 0 Å². The van der Waals surface area contributed by atoms with Gasteiger partial charge in [0.25, 0.3) is 0 Å². The first-order valence-corrected chi connectivity index (χ1v) is 5.15. The van der Waals surface area contributed by atoms with Gasteiger partial charge in [-0.3, -0.25) is 0 Å². The molecule has 2 nitrogen and oxygen atoms in total. The number of hydrogen-bond donors (Lipinski definition) is 2. The van der Waals surface area contributed by atoms with E-state index in [-0.39, 0.29) is 11.6 Å². The highest BCUT2D eigenvalue weighted by Crippen LogP contribution is 2.35. The van der Waals surface area contributed by atoms with Crippen LogP contribution in [-0.4, -0.2) is 10.6 Å². The molecule has 1 aromatic carbocycles. The van der Waals surface area contributed by atoms with Crippen molar-refractivity contribution in [3.8, 4) is 0 Å². The summed E-state index contributed by atoms with van der Waals surface area (Å²) in [6, 6.07) is 8.08. The lowest BCUT2D eigenvalue weighted by Gasteiger charge is -2.10. The quantitative estimate of drug-likeness (QED) is 0.765. The van der Waals surface area contributed by atoms with Gasteiger partial charge in [0, 0.05) is 5.54 Å². The second-order valence-electron chi connectivity index (χ2n) is 4.46. The second kappa shape index (κ2) is 3.37. The van der Waals surface area contributed by atoms with E-state index < -0.39 is 0 Å². The van der Waals surface area contributed by atoms with E-state index >= 15 is 0 Å². The van der Waals surface area contributed by atoms with Gasteiger partial charge in [0.05, 0.1) is 6.10 Å². The summed E-state index contributed by atoms with van der Waals surface area (Å²) < 4.78 is 0. The van der Waals surface area contributed by atoms with Gasteiger partial charge in [-0.2, -0.15) is 0 Å². The van der Waals surface area contributed by atoms with Crippen LogP contribution in [0.3, 0.4) is 0 Å². The third-order valence-corrected chi connectivity index (χ3v) is 2.91. The van der Waals surface area contributed by atoms with Gasteiger partial charge in [-0.1, -0.05) is 24.3 Å². The van der Waals surface area contributed by atoms with E-state index in [0.717, 1.165) is 24.8 Å². The predicted octanol–water partition coefficient (Wildman–Crippen LogP) is 1.77. The molecular formula is C12H17NO. The Morgan fingerprint density at radius 3 is 2.36 bits per heavy atom. The van der Waals surface area contributed by atoms with Crippen molar-refractivity contribution in [1.29, 1.82) is 0 Å². The molecule has 1 unspecified atom stereocenters. The Balaban J connectivity index is 2.06. The lowest BCUT2D eigenvalue weighted by molar-refractivity contribution is 0.199. The first-order chi connectivity index (χ1) is 6.59. The van der Waals surface area contributed by atoms with Crippen molar-refractivity contribution in [1.82, 2.24) is 0 Å². The third kappa shape index (κ3) is 2.14. The molecular weight excluding hydrogens is 174 g/mol. The summed E-state index contributed by atoms with van der Waals surface area (Å²) >= 11 is 0. The molecule has 2 heteroatoms. The Bertz CT molecular complexity index is 312. The topological polar surface area (TPSA) is 46.2 Å². The van der Waals surface area contributed by atoms with Gasteiger partial charge in [0.2, 0.25) is 0 Å². The summed E-state index contributed by atoms with van der Waals surface area (Å²) in [5.74, 6) is 0. The van der Waals surface area contributed by atoms with Gasteiger partial charge in [0.15, 0.2) is 0 Å². The zero-order chi connectivity index (χ0) is 10.2. The summed E-state index contributed by atoms with van der Waals surface area (Å²) in [5.41, 5.74) is 8.34. The van der Waals surface area contributed by atoms with Crippen LogP contribution in [0.25, 0.3) is 0 Å². The molecule has 3 N–H and O–H groups in total. The fourth-order valence-corrected chi connectivity index (χ4v) is 1.66. The lowest BCUT2D eigenvalue weighted by Crippen LogP contribution is -2.24. The SMILES string of the molecule is CC(O)c1ccc(CC2(N)CC2)cc1. The summed E-state index contributed by atoms with van der Waals surface area (Å²) in [6.45, 7) is 1.78. The monoisotopic (exact) mass is 191 g/mol. The standard InChI is InChI=1S/C12H17NO/c1-9(14)11-4-2-10(3-5-11)8-12(13)6-7-12/h2-5,9,14H,6-8,13H2,1H3. The number of hydrogen-bond acceptors (Lipinski definition) is 2. The molecule has 1 fully saturated rings. The highest BCUT2D eigenvalue weighted by atomic mass is 16.3. The van der Waals surface area contributed by atoms with E-state index in [9.17, 15) is 5.11 Å². The summed E-state index contributed by atoms with van der Waals surface area (Å²) in [6.07, 6.45) is 2.88. The molecule has 0 saturated heterocycles. The number of aliphatic hydroxyl groups excluding tert-OH is 1. The first kappa shape index (κ1) is 9.69. The molecule has 0 amide bonds. The molecule has 0 heterocycles. The average Bonchev–Trinajstić information content (AvgIpc) is 2.84. The van der Waals surface area contributed by atoms with Gasteiger partial charge in [-0.25, -0.2) is 0 Å². The Kier molecular flexibility index (Phi) is 2.33. The van der Waals surface area contributed by atoms with Crippen molar-refractivity contribution in [3.05, 3.63) is 35.4 Å². The maximum Gasteiger partial charge on any atom is 0.0761 e. The molecule has 0 aliphatic heterocycles. The van der Waals surface area contributed by atoms with E-state index in [1.165, 1.54) is 5.56 Å². The van der Waals surface area contributed by atoms with Gasteiger partial charge in [0.1, 0.15) is 0 Å². The van der Waals surface area contributed by atoms with Crippen LogP contribution in [0.1, 0.15) is 37.0 Å². The minimum absolute atomic E-state index is 0.0757. The van der Waals surface area contributed by atoms with Crippen molar-refractivity contribution < 1.29 is 5.11 Å². The molecule has 1 aliphatic rings. The van der Waals surface area contributed by atoms with Gasteiger partial charge >= 0.3 is 0 Å². The molecule has 76 valence electrons. The normalized spacial score (nSPS) is 20.5. The Morgan fingerprint density at radius 2 is 1.93 bits per heavy atom. The highest BCUT2D eigenvalue weighted by molar-refractivity contribution is 5.26. The third-order valence-electron chi connectivity index (χ3n) is 2.91. The maximum absolute atomic E-state index is 9.33. The molecule has 1 aliphatic carbocycles. The number of benzene rings is 1. The minimum atomic E-state index is -0.378. The van der Waals surface area contributed by atoms with Crippen LogP contribution in [-0.2, 0) is 6.42 Å². The summed E-state index contributed by atoms with van der Waals surface area (Å²) in [5, 5.41) is 9.33. The molecule has 0 radical (unpaired) electrons. The van der Waals surface area contributed by atoms with Gasteiger partial charge < -0.3 is 10.8 Å². The largest absolute Gasteiger partial charge is 0.389 e. The van der Waals surface area contributed by atoms with Gasteiger partial charge in [-0.05, 0) is 37.3 Å². The van der Waals surface area contributed by atoms with Crippen molar-refractivity contribution >= 4 is 0 Å². The molecule has 1 saturated carbocycles. The molecule has 1 atom stereocenters. The minimum Gasteiger partial charge on any atom is -0.389 e. The molecule has 0 aromatic heterocycles. The van der Waals surface area contributed by atoms with Crippen LogP contribution in [0, 0.1) is 0 Å². The number of rotatable bonds is 3. The highest BCUT2D eigenvalue weighted by Gasteiger charge is 2.37. The Hall–Kier alpha value is -0.860. The van der Waals surface area contributed by atoms with E-state index in [4.69, 9.17) is 5.73 Å². The maximum atomic E-state index is 9.33. The molecule has 2 rings (SSSR count). The summed E-state index contributed by atoms with van der Waals surface area (Å²) in [7, 11) is 0. The van der Waals surface area contributed by atoms with E-state index in [0.29, 0.717) is 0 Å². The smallest absolute Gasteiger partial charge is 0.0761 e. The van der Waals surface area contributed by atoms with Gasteiger partial charge in [-0.15, -0.1) is 0 Å². The van der Waals surface area contributed by atoms with Crippen LogP contribution in [0.2, 0.25) is 0 Å². The zero-order valence-corrected chi connectivity index (χ0v) is 8.53. The van der Waals surface area contributed by atoms with E-state index in [2.05, 4.69) is 12.1 Å².